The monoisotopic (exact) mass is 462 g/mol. The average Bonchev–Trinajstić information content (AvgIpc) is 2.74. The van der Waals surface area contributed by atoms with E-state index in [0.717, 1.165) is 24.6 Å². The number of halogens is 2. The summed E-state index contributed by atoms with van der Waals surface area (Å²) in [6, 6.07) is 8.26. The minimum atomic E-state index is -1.43. The van der Waals surface area contributed by atoms with Crippen molar-refractivity contribution in [2.75, 3.05) is 11.8 Å². The number of hydrogen-bond donors (Lipinski definition) is 0. The predicted octanol–water partition coefficient (Wildman–Crippen LogP) is 9.75. The normalized spacial score (nSPS) is 14.0. The summed E-state index contributed by atoms with van der Waals surface area (Å²) < 4.78 is 0. The molecule has 0 aliphatic carbocycles. The highest BCUT2D eigenvalue weighted by Gasteiger charge is 2.40. The lowest BCUT2D eigenvalue weighted by molar-refractivity contribution is 0.814. The highest BCUT2D eigenvalue weighted by Crippen LogP contribution is 2.42. The van der Waals surface area contributed by atoms with Gasteiger partial charge < -0.3 is 0 Å². The van der Waals surface area contributed by atoms with E-state index in [-0.39, 0.29) is 0 Å². The van der Waals surface area contributed by atoms with Crippen molar-refractivity contribution in [1.82, 2.24) is 0 Å². The minimum Gasteiger partial charge on any atom is -0.127 e. The van der Waals surface area contributed by atoms with Gasteiger partial charge in [-0.25, -0.2) is 0 Å². The van der Waals surface area contributed by atoms with Gasteiger partial charge in [-0.15, -0.1) is 23.2 Å². The van der Waals surface area contributed by atoms with Crippen LogP contribution in [0.25, 0.3) is 0 Å². The summed E-state index contributed by atoms with van der Waals surface area (Å²) in [6.07, 6.45) is 12.5. The highest BCUT2D eigenvalue weighted by atomic mass is 35.5. The van der Waals surface area contributed by atoms with Crippen molar-refractivity contribution in [3.63, 3.8) is 0 Å². The van der Waals surface area contributed by atoms with Crippen LogP contribution in [0.3, 0.4) is 0 Å². The fourth-order valence-corrected chi connectivity index (χ4v) is 14.6. The Morgan fingerprint density at radius 1 is 0.536 bits per heavy atom. The number of unbranched alkanes of at least 4 members (excludes halogenated alkanes) is 4. The van der Waals surface area contributed by atoms with Crippen molar-refractivity contribution < 1.29 is 0 Å². The first-order chi connectivity index (χ1) is 13.5. The lowest BCUT2D eigenvalue weighted by atomic mass is 10.2. The molecule has 0 spiro atoms. The van der Waals surface area contributed by atoms with E-state index in [4.69, 9.17) is 23.2 Å². The molecule has 0 aromatic carbocycles. The van der Waals surface area contributed by atoms with Gasteiger partial charge in [0.1, 0.15) is 0 Å². The lowest BCUT2D eigenvalue weighted by Gasteiger charge is -2.41. The zero-order valence-electron chi connectivity index (χ0n) is 19.8. The van der Waals surface area contributed by atoms with Crippen molar-refractivity contribution in [3.05, 3.63) is 22.5 Å². The van der Waals surface area contributed by atoms with E-state index in [9.17, 15) is 0 Å². The maximum Gasteiger partial charge on any atom is 0.0853 e. The molecule has 0 N–H and O–H groups in total. The molecule has 0 saturated carbocycles. The van der Waals surface area contributed by atoms with Crippen LogP contribution in [0.2, 0.25) is 36.3 Å². The Balaban J connectivity index is 6.32. The molecule has 0 nitrogen and oxygen atoms in total. The summed E-state index contributed by atoms with van der Waals surface area (Å²) in [5.74, 6) is 1.58. The third-order valence-corrected chi connectivity index (χ3v) is 19.5. The van der Waals surface area contributed by atoms with Crippen LogP contribution in [0.1, 0.15) is 80.1 Å². The van der Waals surface area contributed by atoms with E-state index in [1.54, 1.807) is 0 Å². The fraction of sp³-hybridized carbons (Fsp3) is 0.833. The lowest BCUT2D eigenvalue weighted by Crippen LogP contribution is -2.44. The van der Waals surface area contributed by atoms with Crippen LogP contribution in [0.15, 0.2) is 22.5 Å². The molecule has 0 unspecified atom stereocenters. The van der Waals surface area contributed by atoms with E-state index >= 15 is 0 Å². The standard InChI is InChI=1S/C24H48Cl2Si2/c1-7-27(8-2,9-3)23(19-15-13-17-21-25)24(20-16-14-18-22-26)28(10-4,11-5)12-6/h19-20H,7-18,21-22H2,1-6H3/b23-19+,24-20+. The average molecular weight is 464 g/mol. The molecular formula is C24H48Cl2Si2. The molecule has 0 atom stereocenters. The summed E-state index contributed by atoms with van der Waals surface area (Å²) in [6.45, 7) is 14.8. The predicted molar refractivity (Wildman–Crippen MR) is 140 cm³/mol. The Morgan fingerprint density at radius 3 is 1.04 bits per heavy atom. The van der Waals surface area contributed by atoms with Crippen molar-refractivity contribution in [2.45, 2.75) is 116 Å². The van der Waals surface area contributed by atoms with Crippen LogP contribution in [0, 0.1) is 0 Å². The molecule has 0 aliphatic rings. The second kappa shape index (κ2) is 16.2. The minimum absolute atomic E-state index is 0.791. The second-order valence-corrected chi connectivity index (χ2v) is 19.5. The molecule has 0 radical (unpaired) electrons. The quantitative estimate of drug-likeness (QED) is 0.0871. The van der Waals surface area contributed by atoms with Gasteiger partial charge in [0, 0.05) is 11.8 Å². The van der Waals surface area contributed by atoms with Gasteiger partial charge in [0.15, 0.2) is 0 Å². The molecular weight excluding hydrogens is 415 g/mol. The van der Waals surface area contributed by atoms with Crippen LogP contribution in [0.4, 0.5) is 0 Å². The number of rotatable bonds is 17. The van der Waals surface area contributed by atoms with E-state index in [2.05, 4.69) is 53.7 Å². The number of allylic oxidation sites excluding steroid dienone is 4. The van der Waals surface area contributed by atoms with Gasteiger partial charge in [-0.1, -0.05) is 100 Å². The topological polar surface area (TPSA) is 0 Å². The summed E-state index contributed by atoms with van der Waals surface area (Å²) in [5.41, 5.74) is 0. The Labute approximate surface area is 189 Å². The van der Waals surface area contributed by atoms with Crippen LogP contribution in [-0.2, 0) is 0 Å². The SMILES string of the molecule is CC[Si](CC)(CC)C(=C/CCCCCl)/C(=C\CCCCCl)[Si](CC)(CC)CC. The second-order valence-electron chi connectivity index (χ2n) is 8.29. The Hall–Kier alpha value is 0.494. The van der Waals surface area contributed by atoms with Crippen molar-refractivity contribution >= 4 is 39.3 Å². The van der Waals surface area contributed by atoms with Gasteiger partial charge in [0.05, 0.1) is 16.1 Å². The van der Waals surface area contributed by atoms with E-state index in [1.165, 1.54) is 61.9 Å². The van der Waals surface area contributed by atoms with E-state index < -0.39 is 16.1 Å². The van der Waals surface area contributed by atoms with Gasteiger partial charge >= 0.3 is 0 Å². The van der Waals surface area contributed by atoms with E-state index in [0.29, 0.717) is 0 Å². The first-order valence-corrected chi connectivity index (χ1v) is 18.4. The molecule has 0 saturated heterocycles. The molecule has 0 aliphatic heterocycles. The van der Waals surface area contributed by atoms with Gasteiger partial charge in [0.2, 0.25) is 0 Å². The Morgan fingerprint density at radius 2 is 0.821 bits per heavy atom. The largest absolute Gasteiger partial charge is 0.127 e. The molecule has 28 heavy (non-hydrogen) atoms. The number of alkyl halides is 2. The smallest absolute Gasteiger partial charge is 0.0853 e. The van der Waals surface area contributed by atoms with Crippen molar-refractivity contribution in [1.29, 1.82) is 0 Å². The zero-order valence-corrected chi connectivity index (χ0v) is 23.3. The molecule has 0 heterocycles. The third-order valence-electron chi connectivity index (χ3n) is 7.37. The van der Waals surface area contributed by atoms with Crippen LogP contribution in [-0.4, -0.2) is 27.9 Å². The molecule has 4 heteroatoms. The molecule has 0 rings (SSSR count). The van der Waals surface area contributed by atoms with Gasteiger partial charge in [-0.05, 0) is 38.5 Å². The Bertz CT molecular complexity index is 391. The fourth-order valence-electron chi connectivity index (χ4n) is 4.84. The van der Waals surface area contributed by atoms with Crippen molar-refractivity contribution in [3.8, 4) is 0 Å². The third kappa shape index (κ3) is 7.97. The summed E-state index contributed by atoms with van der Waals surface area (Å²) in [5, 5.41) is 3.72. The number of hydrogen-bond acceptors (Lipinski definition) is 0. The molecule has 0 aromatic rings. The summed E-state index contributed by atoms with van der Waals surface area (Å²) in [7, 11) is -2.86. The highest BCUT2D eigenvalue weighted by molar-refractivity contribution is 6.95. The van der Waals surface area contributed by atoms with Crippen LogP contribution < -0.4 is 0 Å². The molecule has 0 bridgehead atoms. The van der Waals surface area contributed by atoms with Crippen LogP contribution >= 0.6 is 23.2 Å². The molecule has 166 valence electrons. The van der Waals surface area contributed by atoms with Gasteiger partial charge in [-0.2, -0.15) is 0 Å². The summed E-state index contributed by atoms with van der Waals surface area (Å²) in [4.78, 5) is 0. The van der Waals surface area contributed by atoms with Crippen molar-refractivity contribution in [2.24, 2.45) is 0 Å². The molecule has 0 fully saturated rings. The van der Waals surface area contributed by atoms with Crippen LogP contribution in [0.5, 0.6) is 0 Å². The molecule has 0 aromatic heterocycles. The summed E-state index contributed by atoms with van der Waals surface area (Å²) >= 11 is 11.9. The van der Waals surface area contributed by atoms with E-state index in [1.807, 2.05) is 10.4 Å². The first kappa shape index (κ1) is 28.5. The van der Waals surface area contributed by atoms with Gasteiger partial charge in [0.25, 0.3) is 0 Å². The Kier molecular flexibility index (Phi) is 16.5. The van der Waals surface area contributed by atoms with Gasteiger partial charge in [-0.3, -0.25) is 0 Å². The maximum atomic E-state index is 5.96. The zero-order chi connectivity index (χ0) is 21.5. The maximum absolute atomic E-state index is 5.96. The molecule has 0 amide bonds. The first-order valence-electron chi connectivity index (χ1n) is 12.0.